The van der Waals surface area contributed by atoms with Gasteiger partial charge in [-0.2, -0.15) is 4.98 Å². The van der Waals surface area contributed by atoms with Crippen molar-refractivity contribution in [1.82, 2.24) is 35.0 Å². The molecule has 0 saturated carbocycles. The number of anilines is 2. The predicted molar refractivity (Wildman–Crippen MR) is 173 cm³/mol. The number of benzene rings is 1. The molecule has 4 aliphatic rings. The van der Waals surface area contributed by atoms with Crippen molar-refractivity contribution in [1.29, 1.82) is 0 Å². The molecule has 3 aromatic rings. The number of hydrogen-bond donors (Lipinski definition) is 2. The molecule has 4 aliphatic heterocycles. The number of carbonyl (C=O) groups is 2. The number of amides is 3. The molecule has 2 aromatic heterocycles. The predicted octanol–water partition coefficient (Wildman–Crippen LogP) is 2.00. The van der Waals surface area contributed by atoms with Crippen LogP contribution in [0.5, 0.6) is 0 Å². The van der Waals surface area contributed by atoms with E-state index in [0.717, 1.165) is 61.9 Å². The average molecular weight is 634 g/mol. The van der Waals surface area contributed by atoms with E-state index in [4.69, 9.17) is 14.8 Å². The van der Waals surface area contributed by atoms with Gasteiger partial charge in [0, 0.05) is 81.3 Å². The molecule has 3 fully saturated rings. The van der Waals surface area contributed by atoms with Crippen molar-refractivity contribution < 1.29 is 18.7 Å². The van der Waals surface area contributed by atoms with E-state index in [2.05, 4.69) is 54.2 Å². The van der Waals surface area contributed by atoms with Crippen molar-refractivity contribution in [2.75, 3.05) is 75.4 Å². The molecule has 0 unspecified atom stereocenters. The van der Waals surface area contributed by atoms with Crippen LogP contribution in [-0.2, 0) is 21.4 Å². The Hall–Kier alpha value is -3.65. The molecule has 3 saturated heterocycles. The fourth-order valence-electron chi connectivity index (χ4n) is 7.39. The average Bonchev–Trinajstić information content (AvgIpc) is 3.71. The van der Waals surface area contributed by atoms with E-state index in [0.29, 0.717) is 50.2 Å². The molecule has 0 radical (unpaired) electrons. The highest BCUT2D eigenvalue weighted by Crippen LogP contribution is 2.42. The first kappa shape index (κ1) is 31.0. The number of urea groups is 1. The Kier molecular flexibility index (Phi) is 8.20. The maximum atomic E-state index is 14.4. The van der Waals surface area contributed by atoms with Crippen LogP contribution >= 0.6 is 0 Å². The molecule has 46 heavy (non-hydrogen) atoms. The van der Waals surface area contributed by atoms with Crippen LogP contribution in [0.2, 0.25) is 0 Å². The minimum absolute atomic E-state index is 0.0484. The number of morpholine rings is 1. The first-order valence-corrected chi connectivity index (χ1v) is 16.4. The quantitative estimate of drug-likeness (QED) is 0.407. The third kappa shape index (κ3) is 5.85. The van der Waals surface area contributed by atoms with E-state index in [1.807, 2.05) is 9.42 Å². The van der Waals surface area contributed by atoms with Crippen molar-refractivity contribution in [2.24, 2.45) is 0 Å². The molecule has 0 bridgehead atoms. The van der Waals surface area contributed by atoms with Crippen LogP contribution in [0.1, 0.15) is 44.5 Å². The summed E-state index contributed by atoms with van der Waals surface area (Å²) in [5.74, 6) is 0.0846. The van der Waals surface area contributed by atoms with E-state index >= 15 is 0 Å². The van der Waals surface area contributed by atoms with E-state index in [9.17, 15) is 14.0 Å². The fourth-order valence-corrected chi connectivity index (χ4v) is 7.39. The van der Waals surface area contributed by atoms with Gasteiger partial charge in [-0.3, -0.25) is 19.5 Å². The minimum atomic E-state index is -0.421. The van der Waals surface area contributed by atoms with Crippen LogP contribution in [0.3, 0.4) is 0 Å². The van der Waals surface area contributed by atoms with Gasteiger partial charge in [-0.05, 0) is 37.6 Å². The van der Waals surface area contributed by atoms with Gasteiger partial charge in [0.2, 0.25) is 5.91 Å². The highest BCUT2D eigenvalue weighted by Gasteiger charge is 2.43. The lowest BCUT2D eigenvalue weighted by molar-refractivity contribution is -0.121. The lowest BCUT2D eigenvalue weighted by atomic mass is 9.90. The Morgan fingerprint density at radius 2 is 1.96 bits per heavy atom. The number of piperazine rings is 1. The van der Waals surface area contributed by atoms with Crippen LogP contribution in [0, 0.1) is 5.82 Å². The third-order valence-electron chi connectivity index (χ3n) is 9.86. The maximum absolute atomic E-state index is 14.4. The molecular formula is C33H44FN9O3. The van der Waals surface area contributed by atoms with E-state index in [1.165, 1.54) is 12.1 Å². The first-order valence-electron chi connectivity index (χ1n) is 16.4. The molecule has 1 aromatic carbocycles. The summed E-state index contributed by atoms with van der Waals surface area (Å²) < 4.78 is 21.3. The summed E-state index contributed by atoms with van der Waals surface area (Å²) >= 11 is 0. The first-order chi connectivity index (χ1) is 22.1. The zero-order chi connectivity index (χ0) is 32.2. The number of aromatic nitrogens is 3. The summed E-state index contributed by atoms with van der Waals surface area (Å²) in [6, 6.07) is 9.08. The normalized spacial score (nSPS) is 25.3. The number of hydrogen-bond acceptors (Lipinski definition) is 8. The van der Waals surface area contributed by atoms with Crippen molar-refractivity contribution >= 4 is 29.2 Å². The van der Waals surface area contributed by atoms with Gasteiger partial charge in [0.05, 0.1) is 31.1 Å². The summed E-state index contributed by atoms with van der Waals surface area (Å²) in [4.78, 5) is 40.0. The van der Waals surface area contributed by atoms with Crippen molar-refractivity contribution in [3.8, 4) is 0 Å². The third-order valence-corrected chi connectivity index (χ3v) is 9.86. The highest BCUT2D eigenvalue weighted by atomic mass is 19.1. The Morgan fingerprint density at radius 1 is 1.15 bits per heavy atom. The summed E-state index contributed by atoms with van der Waals surface area (Å²) in [6.45, 7) is 15.3. The molecule has 13 heteroatoms. The number of pyridine rings is 1. The molecule has 3 atom stereocenters. The van der Waals surface area contributed by atoms with Gasteiger partial charge >= 0.3 is 6.03 Å². The van der Waals surface area contributed by atoms with Crippen molar-refractivity contribution in [3.05, 3.63) is 53.0 Å². The van der Waals surface area contributed by atoms with E-state index < -0.39 is 5.41 Å². The van der Waals surface area contributed by atoms with Crippen LogP contribution < -0.4 is 20.4 Å². The number of ether oxygens (including phenoxy) is 1. The Labute approximate surface area is 268 Å². The maximum Gasteiger partial charge on any atom is 0.324 e. The molecule has 0 spiro atoms. The van der Waals surface area contributed by atoms with Gasteiger partial charge in [0.1, 0.15) is 5.82 Å². The Balaban J connectivity index is 1.23. The summed E-state index contributed by atoms with van der Waals surface area (Å²) in [5.41, 5.74) is 3.68. The van der Waals surface area contributed by atoms with Crippen LogP contribution in [0.25, 0.3) is 5.65 Å². The lowest BCUT2D eigenvalue weighted by Crippen LogP contribution is -2.62. The second-order valence-corrected chi connectivity index (χ2v) is 13.9. The van der Waals surface area contributed by atoms with Crippen LogP contribution in [0.15, 0.2) is 30.3 Å². The van der Waals surface area contributed by atoms with Gasteiger partial charge in [-0.1, -0.05) is 26.0 Å². The van der Waals surface area contributed by atoms with Gasteiger partial charge in [0.25, 0.3) is 5.95 Å². The van der Waals surface area contributed by atoms with Gasteiger partial charge in [-0.15, -0.1) is 5.10 Å². The highest BCUT2D eigenvalue weighted by molar-refractivity contribution is 5.98. The number of nitrogens with one attached hydrogen (secondary N) is 2. The molecule has 12 nitrogen and oxygen atoms in total. The number of rotatable bonds is 7. The molecule has 6 heterocycles. The van der Waals surface area contributed by atoms with Crippen LogP contribution in [-0.4, -0.2) is 120 Å². The van der Waals surface area contributed by atoms with Gasteiger partial charge in [0.15, 0.2) is 5.65 Å². The minimum Gasteiger partial charge on any atom is -0.379 e. The van der Waals surface area contributed by atoms with Crippen molar-refractivity contribution in [2.45, 2.75) is 57.7 Å². The second kappa shape index (κ2) is 12.2. The number of nitrogens with zero attached hydrogens (tertiary/aromatic N) is 7. The SMILES string of the molecule is C[C@@H]1CN(CC(=O)N2CC(C)(C)c3c2cc(Cc2ccc(F)cc2)c2nc(N4CCNC4=O)nn32)[C@@H](CN2CCOC[C@H]2C)CN1. The Morgan fingerprint density at radius 3 is 2.70 bits per heavy atom. The number of halogens is 1. The fraction of sp³-hybridized carbons (Fsp3) is 0.576. The zero-order valence-corrected chi connectivity index (χ0v) is 27.1. The molecular weight excluding hydrogens is 589 g/mol. The van der Waals surface area contributed by atoms with Crippen molar-refractivity contribution in [3.63, 3.8) is 0 Å². The molecule has 7 rings (SSSR count). The summed E-state index contributed by atoms with van der Waals surface area (Å²) in [5, 5.41) is 11.3. The van der Waals surface area contributed by atoms with E-state index in [-0.39, 0.29) is 29.8 Å². The zero-order valence-electron chi connectivity index (χ0n) is 27.1. The van der Waals surface area contributed by atoms with Gasteiger partial charge < -0.3 is 20.3 Å². The largest absolute Gasteiger partial charge is 0.379 e. The molecule has 0 aliphatic carbocycles. The summed E-state index contributed by atoms with van der Waals surface area (Å²) in [7, 11) is 0. The summed E-state index contributed by atoms with van der Waals surface area (Å²) in [6.07, 6.45) is 0.471. The molecule has 2 N–H and O–H groups in total. The number of carbonyl (C=O) groups excluding carboxylic acids is 2. The van der Waals surface area contributed by atoms with E-state index in [1.54, 1.807) is 17.0 Å². The van der Waals surface area contributed by atoms with Crippen LogP contribution in [0.4, 0.5) is 20.8 Å². The Bertz CT molecular complexity index is 1630. The monoisotopic (exact) mass is 633 g/mol. The topological polar surface area (TPSA) is 111 Å². The van der Waals surface area contributed by atoms with Gasteiger partial charge in [-0.25, -0.2) is 13.7 Å². The second-order valence-electron chi connectivity index (χ2n) is 13.9. The lowest BCUT2D eigenvalue weighted by Gasteiger charge is -2.43. The number of fused-ring (bicyclic) bond motifs is 3. The molecule has 246 valence electrons. The standard InChI is InChI=1S/C33H44FN9O3/c1-21-16-40(26(15-36-21)17-39-11-12-46-19-22(39)2)18-28(44)42-20-33(3,4)29-27(42)14-24(13-23-5-7-25(34)8-6-23)30-37-31(38-43(29)30)41-10-9-35-32(41)45/h5-8,14,21-22,26,36H,9-13,15-20H2,1-4H3,(H,35,45)/t21-,22-,26-/m1/s1. The molecule has 3 amide bonds. The smallest absolute Gasteiger partial charge is 0.324 e.